The molecule has 1 aliphatic heterocycles. The van der Waals surface area contributed by atoms with E-state index in [9.17, 15) is 4.79 Å². The van der Waals surface area contributed by atoms with Gasteiger partial charge in [0.05, 0.1) is 5.39 Å². The standard InChI is InChI=1S/C21H22N2OS/c1-12(2)16-7-5-15(6-8-16)11-17-9-10-23-19(17)22-20-18(21(23)24)13(3)14(4)25-20/h5-8,11-12H,9-10H2,1-4H3/b17-11+. The summed E-state index contributed by atoms with van der Waals surface area (Å²) in [6.45, 7) is 9.21. The van der Waals surface area contributed by atoms with Gasteiger partial charge in [-0.25, -0.2) is 4.98 Å². The van der Waals surface area contributed by atoms with Crippen LogP contribution in [0.5, 0.6) is 0 Å². The number of aromatic nitrogens is 2. The van der Waals surface area contributed by atoms with Crippen LogP contribution in [0, 0.1) is 13.8 Å². The van der Waals surface area contributed by atoms with Gasteiger partial charge in [-0.05, 0) is 54.5 Å². The average molecular weight is 350 g/mol. The van der Waals surface area contributed by atoms with Gasteiger partial charge in [0.2, 0.25) is 0 Å². The molecule has 0 saturated carbocycles. The Morgan fingerprint density at radius 3 is 2.60 bits per heavy atom. The Labute approximate surface area is 151 Å². The van der Waals surface area contributed by atoms with Crippen molar-refractivity contribution in [3.63, 3.8) is 0 Å². The number of fused-ring (bicyclic) bond motifs is 2. The van der Waals surface area contributed by atoms with Crippen LogP contribution >= 0.6 is 11.3 Å². The number of benzene rings is 1. The van der Waals surface area contributed by atoms with E-state index in [-0.39, 0.29) is 5.56 Å². The van der Waals surface area contributed by atoms with Crippen molar-refractivity contribution in [2.24, 2.45) is 0 Å². The van der Waals surface area contributed by atoms with Gasteiger partial charge in [-0.3, -0.25) is 9.36 Å². The van der Waals surface area contributed by atoms with Crippen LogP contribution in [0.1, 0.15) is 53.6 Å². The molecule has 0 bridgehead atoms. The smallest absolute Gasteiger partial charge is 0.262 e. The molecular formula is C21H22N2OS. The van der Waals surface area contributed by atoms with E-state index in [0.717, 1.165) is 40.1 Å². The molecule has 4 heteroatoms. The molecule has 0 atom stereocenters. The zero-order valence-corrected chi connectivity index (χ0v) is 15.9. The van der Waals surface area contributed by atoms with Crippen molar-refractivity contribution in [2.75, 3.05) is 0 Å². The van der Waals surface area contributed by atoms with Gasteiger partial charge in [0.1, 0.15) is 10.7 Å². The van der Waals surface area contributed by atoms with Gasteiger partial charge in [-0.15, -0.1) is 11.3 Å². The molecule has 2 aromatic heterocycles. The minimum Gasteiger partial charge on any atom is -0.292 e. The van der Waals surface area contributed by atoms with Crippen LogP contribution in [0.2, 0.25) is 0 Å². The molecule has 0 fully saturated rings. The topological polar surface area (TPSA) is 34.9 Å². The summed E-state index contributed by atoms with van der Waals surface area (Å²) >= 11 is 1.62. The van der Waals surface area contributed by atoms with E-state index in [2.05, 4.69) is 51.1 Å². The first-order valence-electron chi connectivity index (χ1n) is 8.77. The second-order valence-corrected chi connectivity index (χ2v) is 8.30. The summed E-state index contributed by atoms with van der Waals surface area (Å²) < 4.78 is 1.84. The molecule has 0 aliphatic carbocycles. The van der Waals surface area contributed by atoms with E-state index in [1.807, 2.05) is 11.5 Å². The molecule has 1 aliphatic rings. The highest BCUT2D eigenvalue weighted by atomic mass is 32.1. The van der Waals surface area contributed by atoms with Crippen LogP contribution in [0.3, 0.4) is 0 Å². The van der Waals surface area contributed by atoms with Crippen molar-refractivity contribution in [3.05, 3.63) is 62.0 Å². The Morgan fingerprint density at radius 2 is 1.92 bits per heavy atom. The Morgan fingerprint density at radius 1 is 1.20 bits per heavy atom. The monoisotopic (exact) mass is 350 g/mol. The highest BCUT2D eigenvalue weighted by molar-refractivity contribution is 7.18. The maximum absolute atomic E-state index is 12.9. The molecule has 1 aromatic carbocycles. The Bertz CT molecular complexity index is 1050. The maximum atomic E-state index is 12.9. The lowest BCUT2D eigenvalue weighted by molar-refractivity contribution is 0.726. The second-order valence-electron chi connectivity index (χ2n) is 7.10. The lowest BCUT2D eigenvalue weighted by Crippen LogP contribution is -2.20. The van der Waals surface area contributed by atoms with E-state index in [4.69, 9.17) is 4.98 Å². The average Bonchev–Trinajstić information content (AvgIpc) is 3.10. The number of nitrogens with zero attached hydrogens (tertiary/aromatic N) is 2. The van der Waals surface area contributed by atoms with Crippen molar-refractivity contribution in [1.82, 2.24) is 9.55 Å². The molecule has 0 spiro atoms. The number of allylic oxidation sites excluding steroid dienone is 1. The first-order valence-corrected chi connectivity index (χ1v) is 9.59. The number of thiophene rings is 1. The van der Waals surface area contributed by atoms with E-state index >= 15 is 0 Å². The minimum absolute atomic E-state index is 0.111. The quantitative estimate of drug-likeness (QED) is 0.641. The number of aryl methyl sites for hydroxylation is 2. The lowest BCUT2D eigenvalue weighted by Gasteiger charge is -2.06. The van der Waals surface area contributed by atoms with Gasteiger partial charge in [0.25, 0.3) is 5.56 Å². The summed E-state index contributed by atoms with van der Waals surface area (Å²) in [6, 6.07) is 8.67. The molecule has 0 saturated heterocycles. The molecule has 0 unspecified atom stereocenters. The Kier molecular flexibility index (Phi) is 3.88. The molecular weight excluding hydrogens is 328 g/mol. The van der Waals surface area contributed by atoms with E-state index < -0.39 is 0 Å². The van der Waals surface area contributed by atoms with Crippen molar-refractivity contribution >= 4 is 33.2 Å². The van der Waals surface area contributed by atoms with E-state index in [1.165, 1.54) is 16.0 Å². The fraction of sp³-hybridized carbons (Fsp3) is 0.333. The van der Waals surface area contributed by atoms with Crippen molar-refractivity contribution in [3.8, 4) is 0 Å². The van der Waals surface area contributed by atoms with Gasteiger partial charge in [-0.2, -0.15) is 0 Å². The summed E-state index contributed by atoms with van der Waals surface area (Å²) in [5.41, 5.74) is 4.85. The van der Waals surface area contributed by atoms with Crippen molar-refractivity contribution < 1.29 is 0 Å². The maximum Gasteiger partial charge on any atom is 0.262 e. The Hall–Kier alpha value is -2.20. The number of rotatable bonds is 2. The fourth-order valence-electron chi connectivity index (χ4n) is 3.44. The molecule has 0 amide bonds. The van der Waals surface area contributed by atoms with Crippen LogP contribution in [0.15, 0.2) is 29.1 Å². The summed E-state index contributed by atoms with van der Waals surface area (Å²) in [6.07, 6.45) is 3.04. The highest BCUT2D eigenvalue weighted by Gasteiger charge is 2.23. The second kappa shape index (κ2) is 5.95. The largest absolute Gasteiger partial charge is 0.292 e. The van der Waals surface area contributed by atoms with Gasteiger partial charge in [0, 0.05) is 11.4 Å². The zero-order valence-electron chi connectivity index (χ0n) is 15.1. The van der Waals surface area contributed by atoms with E-state index in [1.54, 1.807) is 11.3 Å². The molecule has 25 heavy (non-hydrogen) atoms. The lowest BCUT2D eigenvalue weighted by atomic mass is 10.0. The predicted octanol–water partition coefficient (Wildman–Crippen LogP) is 5.14. The summed E-state index contributed by atoms with van der Waals surface area (Å²) in [5, 5.41) is 0.800. The van der Waals surface area contributed by atoms with Crippen LogP contribution in [-0.4, -0.2) is 9.55 Å². The van der Waals surface area contributed by atoms with Gasteiger partial charge in [0.15, 0.2) is 0 Å². The first kappa shape index (κ1) is 16.3. The third-order valence-electron chi connectivity index (χ3n) is 5.12. The van der Waals surface area contributed by atoms with Crippen molar-refractivity contribution in [1.29, 1.82) is 0 Å². The Balaban J connectivity index is 1.81. The number of hydrogen-bond acceptors (Lipinski definition) is 3. The number of hydrogen-bond donors (Lipinski definition) is 0. The van der Waals surface area contributed by atoms with Crippen LogP contribution < -0.4 is 5.56 Å². The molecule has 128 valence electrons. The molecule has 3 nitrogen and oxygen atoms in total. The van der Waals surface area contributed by atoms with Gasteiger partial charge >= 0.3 is 0 Å². The molecule has 0 radical (unpaired) electrons. The van der Waals surface area contributed by atoms with E-state index in [0.29, 0.717) is 5.92 Å². The van der Waals surface area contributed by atoms with Crippen LogP contribution in [0.25, 0.3) is 21.9 Å². The third kappa shape index (κ3) is 2.65. The first-order chi connectivity index (χ1) is 12.0. The summed E-state index contributed by atoms with van der Waals surface area (Å²) in [7, 11) is 0. The molecule has 4 rings (SSSR count). The molecule has 3 heterocycles. The normalized spacial score (nSPS) is 15.5. The minimum atomic E-state index is 0.111. The molecule has 3 aromatic rings. The highest BCUT2D eigenvalue weighted by Crippen LogP contribution is 2.32. The van der Waals surface area contributed by atoms with Crippen LogP contribution in [-0.2, 0) is 6.54 Å². The summed E-state index contributed by atoms with van der Waals surface area (Å²) in [4.78, 5) is 19.8. The third-order valence-corrected chi connectivity index (χ3v) is 6.23. The fourth-order valence-corrected chi connectivity index (χ4v) is 4.46. The van der Waals surface area contributed by atoms with Gasteiger partial charge < -0.3 is 0 Å². The zero-order chi connectivity index (χ0) is 17.7. The van der Waals surface area contributed by atoms with Crippen LogP contribution in [0.4, 0.5) is 0 Å². The van der Waals surface area contributed by atoms with Crippen molar-refractivity contribution in [2.45, 2.75) is 46.6 Å². The van der Waals surface area contributed by atoms with Gasteiger partial charge in [-0.1, -0.05) is 38.1 Å². The molecule has 0 N–H and O–H groups in total. The SMILES string of the molecule is Cc1sc2nc3n(c(=O)c2c1C)CC/C3=C\c1ccc(C(C)C)cc1. The predicted molar refractivity (Wildman–Crippen MR) is 106 cm³/mol. The summed E-state index contributed by atoms with van der Waals surface area (Å²) in [5.74, 6) is 1.37.